The van der Waals surface area contributed by atoms with Gasteiger partial charge >= 0.3 is 0 Å². The molecule has 1 aromatic rings. The summed E-state index contributed by atoms with van der Waals surface area (Å²) < 4.78 is 11.0. The van der Waals surface area contributed by atoms with E-state index in [9.17, 15) is 0 Å². The third-order valence-electron chi connectivity index (χ3n) is 1.87. The van der Waals surface area contributed by atoms with Gasteiger partial charge in [-0.05, 0) is 12.1 Å². The van der Waals surface area contributed by atoms with E-state index in [1.165, 1.54) is 0 Å². The van der Waals surface area contributed by atoms with Crippen molar-refractivity contribution in [2.24, 2.45) is 0 Å². The average molecular weight is 198 g/mol. The van der Waals surface area contributed by atoms with Crippen LogP contribution in [0.1, 0.15) is 19.4 Å². The lowest BCUT2D eigenvalue weighted by Crippen LogP contribution is -2.35. The minimum absolute atomic E-state index is 0.527. The highest BCUT2D eigenvalue weighted by Crippen LogP contribution is 2.32. The standard InChI is InChI=1S/C10H10ClO2/c1-10(2)12-6-7-5-8(11)3-4-9(7)13-10/h3,5H,6H2,1-2H3. The van der Waals surface area contributed by atoms with Crippen molar-refractivity contribution in [3.05, 3.63) is 28.8 Å². The highest BCUT2D eigenvalue weighted by Gasteiger charge is 2.27. The van der Waals surface area contributed by atoms with Gasteiger partial charge in [0.1, 0.15) is 5.75 Å². The summed E-state index contributed by atoms with van der Waals surface area (Å²) in [4.78, 5) is 0. The molecule has 13 heavy (non-hydrogen) atoms. The van der Waals surface area contributed by atoms with Crippen LogP contribution in [0.25, 0.3) is 0 Å². The first-order valence-electron chi connectivity index (χ1n) is 4.10. The molecule has 0 aliphatic carbocycles. The number of fused-ring (bicyclic) bond motifs is 1. The molecule has 2 nitrogen and oxygen atoms in total. The molecule has 1 aromatic carbocycles. The maximum absolute atomic E-state index is 5.81. The third kappa shape index (κ3) is 1.79. The molecule has 1 aliphatic rings. The van der Waals surface area contributed by atoms with Crippen LogP contribution in [-0.2, 0) is 11.3 Å². The summed E-state index contributed by atoms with van der Waals surface area (Å²) in [5.41, 5.74) is 0.951. The molecule has 0 bridgehead atoms. The van der Waals surface area contributed by atoms with Crippen LogP contribution in [0.2, 0.25) is 5.02 Å². The summed E-state index contributed by atoms with van der Waals surface area (Å²) in [6.07, 6.45) is 0. The van der Waals surface area contributed by atoms with Crippen LogP contribution >= 0.6 is 11.6 Å². The Morgan fingerprint density at radius 3 is 3.08 bits per heavy atom. The van der Waals surface area contributed by atoms with Gasteiger partial charge in [-0.1, -0.05) is 11.6 Å². The number of halogens is 1. The molecule has 0 aromatic heterocycles. The van der Waals surface area contributed by atoms with Gasteiger partial charge in [-0.15, -0.1) is 0 Å². The molecule has 1 heterocycles. The second-order valence-electron chi connectivity index (χ2n) is 3.46. The van der Waals surface area contributed by atoms with Crippen molar-refractivity contribution in [2.75, 3.05) is 0 Å². The zero-order valence-electron chi connectivity index (χ0n) is 7.56. The van der Waals surface area contributed by atoms with E-state index >= 15 is 0 Å². The van der Waals surface area contributed by atoms with E-state index in [1.807, 2.05) is 19.9 Å². The Balaban J connectivity index is 2.37. The molecule has 1 aliphatic heterocycles. The molecular weight excluding hydrogens is 188 g/mol. The largest absolute Gasteiger partial charge is 0.462 e. The quantitative estimate of drug-likeness (QED) is 0.637. The molecule has 0 atom stereocenters. The predicted molar refractivity (Wildman–Crippen MR) is 49.8 cm³/mol. The summed E-state index contributed by atoms with van der Waals surface area (Å²) >= 11 is 5.81. The number of rotatable bonds is 0. The van der Waals surface area contributed by atoms with Crippen LogP contribution in [0.15, 0.2) is 12.1 Å². The van der Waals surface area contributed by atoms with Crippen molar-refractivity contribution in [2.45, 2.75) is 26.2 Å². The van der Waals surface area contributed by atoms with Gasteiger partial charge in [0.2, 0.25) is 5.79 Å². The lowest BCUT2D eigenvalue weighted by molar-refractivity contribution is -0.180. The highest BCUT2D eigenvalue weighted by atomic mass is 35.5. The predicted octanol–water partition coefficient (Wildman–Crippen LogP) is 2.79. The maximum Gasteiger partial charge on any atom is 0.205 e. The molecule has 0 amide bonds. The molecule has 0 saturated carbocycles. The smallest absolute Gasteiger partial charge is 0.205 e. The van der Waals surface area contributed by atoms with Crippen LogP contribution in [0, 0.1) is 6.07 Å². The number of hydrogen-bond acceptors (Lipinski definition) is 2. The molecule has 69 valence electrons. The Hall–Kier alpha value is -0.730. The summed E-state index contributed by atoms with van der Waals surface area (Å²) in [5.74, 6) is 0.179. The zero-order chi connectivity index (χ0) is 9.47. The number of benzene rings is 1. The summed E-state index contributed by atoms with van der Waals surface area (Å²) in [6, 6.07) is 6.51. The van der Waals surface area contributed by atoms with E-state index in [2.05, 4.69) is 6.07 Å². The van der Waals surface area contributed by atoms with Crippen molar-refractivity contribution < 1.29 is 9.47 Å². The van der Waals surface area contributed by atoms with Crippen LogP contribution in [0.3, 0.4) is 0 Å². The van der Waals surface area contributed by atoms with E-state index in [4.69, 9.17) is 21.1 Å². The van der Waals surface area contributed by atoms with Gasteiger partial charge in [-0.2, -0.15) is 0 Å². The Labute approximate surface area is 82.4 Å². The van der Waals surface area contributed by atoms with Crippen LogP contribution in [0.4, 0.5) is 0 Å². The van der Waals surface area contributed by atoms with Crippen molar-refractivity contribution in [1.82, 2.24) is 0 Å². The SMILES string of the molecule is CC1(C)OCc2cc(Cl)c[c]c2O1. The van der Waals surface area contributed by atoms with Crippen molar-refractivity contribution in [1.29, 1.82) is 0 Å². The van der Waals surface area contributed by atoms with E-state index in [-0.39, 0.29) is 0 Å². The monoisotopic (exact) mass is 197 g/mol. The Morgan fingerprint density at radius 2 is 2.31 bits per heavy atom. The summed E-state index contributed by atoms with van der Waals surface area (Å²) in [5, 5.41) is 0.658. The zero-order valence-corrected chi connectivity index (χ0v) is 8.31. The van der Waals surface area contributed by atoms with Gasteiger partial charge in [0, 0.05) is 30.5 Å². The first kappa shape index (κ1) is 8.85. The first-order valence-corrected chi connectivity index (χ1v) is 4.48. The Bertz CT molecular complexity index is 334. The summed E-state index contributed by atoms with van der Waals surface area (Å²) in [7, 11) is 0. The van der Waals surface area contributed by atoms with Gasteiger partial charge in [0.05, 0.1) is 6.61 Å². The lowest BCUT2D eigenvalue weighted by atomic mass is 10.2. The molecule has 0 fully saturated rings. The third-order valence-corrected chi connectivity index (χ3v) is 2.09. The van der Waals surface area contributed by atoms with Gasteiger partial charge < -0.3 is 9.47 Å². The molecule has 0 spiro atoms. The van der Waals surface area contributed by atoms with E-state index in [0.717, 1.165) is 11.3 Å². The van der Waals surface area contributed by atoms with Gasteiger partial charge in [-0.3, -0.25) is 0 Å². The van der Waals surface area contributed by atoms with E-state index in [0.29, 0.717) is 11.6 Å². The fourth-order valence-corrected chi connectivity index (χ4v) is 1.42. The average Bonchev–Trinajstić information content (AvgIpc) is 2.05. The van der Waals surface area contributed by atoms with Crippen LogP contribution in [-0.4, -0.2) is 5.79 Å². The minimum Gasteiger partial charge on any atom is -0.462 e. The molecule has 0 N–H and O–H groups in total. The number of hydrogen-bond donors (Lipinski definition) is 0. The van der Waals surface area contributed by atoms with Gasteiger partial charge in [0.15, 0.2) is 0 Å². The molecule has 3 heteroatoms. The van der Waals surface area contributed by atoms with E-state index < -0.39 is 5.79 Å². The molecule has 0 saturated heterocycles. The molecule has 1 radical (unpaired) electrons. The van der Waals surface area contributed by atoms with Gasteiger partial charge in [-0.25, -0.2) is 0 Å². The van der Waals surface area contributed by atoms with Crippen LogP contribution < -0.4 is 4.74 Å². The molecule has 2 rings (SSSR count). The fourth-order valence-electron chi connectivity index (χ4n) is 1.23. The molecular formula is C10H10ClO2. The second kappa shape index (κ2) is 2.89. The summed E-state index contributed by atoms with van der Waals surface area (Å²) in [6.45, 7) is 4.27. The second-order valence-corrected chi connectivity index (χ2v) is 3.90. The topological polar surface area (TPSA) is 18.5 Å². The highest BCUT2D eigenvalue weighted by molar-refractivity contribution is 6.30. The fraction of sp³-hybridized carbons (Fsp3) is 0.400. The minimum atomic E-state index is -0.558. The molecule has 0 unspecified atom stereocenters. The van der Waals surface area contributed by atoms with Crippen LogP contribution in [0.5, 0.6) is 5.75 Å². The number of ether oxygens (including phenoxy) is 2. The first-order chi connectivity index (χ1) is 6.07. The van der Waals surface area contributed by atoms with E-state index in [1.54, 1.807) is 6.07 Å². The van der Waals surface area contributed by atoms with Crippen molar-refractivity contribution >= 4 is 11.6 Å². The van der Waals surface area contributed by atoms with Crippen molar-refractivity contribution in [3.63, 3.8) is 0 Å². The normalized spacial score (nSPS) is 19.0. The van der Waals surface area contributed by atoms with Crippen molar-refractivity contribution in [3.8, 4) is 5.75 Å². The maximum atomic E-state index is 5.81. The van der Waals surface area contributed by atoms with Gasteiger partial charge in [0.25, 0.3) is 0 Å². The Kier molecular flexibility index (Phi) is 1.97. The lowest BCUT2D eigenvalue weighted by Gasteiger charge is -2.32. The Morgan fingerprint density at radius 1 is 1.54 bits per heavy atom.